The number of pyridine rings is 1. The number of aromatic nitrogens is 1. The van der Waals surface area contributed by atoms with Gasteiger partial charge >= 0.3 is 23.9 Å². The number of hydrogen-bond acceptors (Lipinski definition) is 12. The van der Waals surface area contributed by atoms with Crippen LogP contribution in [0.3, 0.4) is 0 Å². The lowest BCUT2D eigenvalue weighted by molar-refractivity contribution is -0.158. The van der Waals surface area contributed by atoms with Crippen molar-refractivity contribution in [1.82, 2.24) is 24.6 Å². The first-order valence-electron chi connectivity index (χ1n) is 15.9. The van der Waals surface area contributed by atoms with Crippen molar-refractivity contribution in [2.24, 2.45) is 0 Å². The van der Waals surface area contributed by atoms with Gasteiger partial charge in [-0.2, -0.15) is 0 Å². The summed E-state index contributed by atoms with van der Waals surface area (Å²) in [5, 5.41) is 9.27. The van der Waals surface area contributed by atoms with E-state index < -0.39 is 22.8 Å². The van der Waals surface area contributed by atoms with E-state index in [-0.39, 0.29) is 43.1 Å². The third-order valence-electron chi connectivity index (χ3n) is 6.71. The highest BCUT2D eigenvalue weighted by Crippen LogP contribution is 2.12. The van der Waals surface area contributed by atoms with E-state index in [1.54, 1.807) is 6.07 Å². The Balaban J connectivity index is 2.31. The lowest BCUT2D eigenvalue weighted by Crippen LogP contribution is -2.49. The quantitative estimate of drug-likeness (QED) is 0.310. The van der Waals surface area contributed by atoms with Gasteiger partial charge in [0.05, 0.1) is 30.9 Å². The van der Waals surface area contributed by atoms with Crippen LogP contribution in [0.5, 0.6) is 0 Å². The van der Waals surface area contributed by atoms with E-state index in [9.17, 15) is 24.3 Å². The Bertz CT molecular complexity index is 1110. The number of nitrogens with zero attached hydrogens (tertiary/aromatic N) is 5. The Kier molecular flexibility index (Phi) is 14.6. The van der Waals surface area contributed by atoms with Gasteiger partial charge in [-0.1, -0.05) is 0 Å². The summed E-state index contributed by atoms with van der Waals surface area (Å²) in [6.07, 6.45) is 1.34. The molecular weight excluding hydrogens is 594 g/mol. The molecule has 0 amide bonds. The van der Waals surface area contributed by atoms with Crippen LogP contribution in [-0.4, -0.2) is 142 Å². The van der Waals surface area contributed by atoms with Gasteiger partial charge in [-0.15, -0.1) is 0 Å². The highest BCUT2D eigenvalue weighted by Gasteiger charge is 2.25. The fraction of sp³-hybridized carbons (Fsp3) is 0.727. The second-order valence-corrected chi connectivity index (χ2v) is 14.7. The molecule has 0 atom stereocenters. The maximum atomic E-state index is 12.8. The van der Waals surface area contributed by atoms with Crippen LogP contribution in [0.15, 0.2) is 18.3 Å². The molecule has 1 aromatic heterocycles. The van der Waals surface area contributed by atoms with Gasteiger partial charge in [0.25, 0.3) is 0 Å². The molecule has 260 valence electrons. The SMILES string of the molecule is CC(C)(C)OC(=O)CN1CCN(CC(=O)OC(C)(C)C)CCN(Cc2ccc(C(=O)O)cn2)CCN(CC(=O)OC(C)(C)C)CC1. The molecule has 0 spiro atoms. The van der Waals surface area contributed by atoms with Gasteiger partial charge in [-0.3, -0.25) is 39.0 Å². The Morgan fingerprint density at radius 2 is 0.935 bits per heavy atom. The van der Waals surface area contributed by atoms with Crippen molar-refractivity contribution in [2.45, 2.75) is 85.7 Å². The standard InChI is InChI=1S/C33H55N5O8/c1-31(2,3)44-27(39)22-36-14-12-35(21-26-11-10-25(20-34-26)30(42)43)13-15-37(23-28(40)45-32(4,5)6)17-19-38(18-16-36)24-29(41)46-33(7,8)9/h10-11,20H,12-19,21-24H2,1-9H3,(H,42,43). The van der Waals surface area contributed by atoms with Crippen LogP contribution in [-0.2, 0) is 35.1 Å². The summed E-state index contributed by atoms with van der Waals surface area (Å²) in [4.78, 5) is 62.4. The zero-order chi connectivity index (χ0) is 34.7. The summed E-state index contributed by atoms with van der Waals surface area (Å²) in [6.45, 7) is 21.3. The van der Waals surface area contributed by atoms with Crippen LogP contribution >= 0.6 is 0 Å². The molecule has 46 heavy (non-hydrogen) atoms. The van der Waals surface area contributed by atoms with E-state index >= 15 is 0 Å². The Labute approximate surface area is 274 Å². The Morgan fingerprint density at radius 1 is 0.609 bits per heavy atom. The lowest BCUT2D eigenvalue weighted by atomic mass is 10.2. The summed E-state index contributed by atoms with van der Waals surface area (Å²) in [7, 11) is 0. The average Bonchev–Trinajstić information content (AvgIpc) is 2.87. The van der Waals surface area contributed by atoms with Crippen LogP contribution in [0.25, 0.3) is 0 Å². The van der Waals surface area contributed by atoms with Crippen molar-refractivity contribution in [3.63, 3.8) is 0 Å². The maximum Gasteiger partial charge on any atom is 0.337 e. The van der Waals surface area contributed by atoms with Crippen molar-refractivity contribution in [1.29, 1.82) is 0 Å². The van der Waals surface area contributed by atoms with E-state index in [0.29, 0.717) is 64.6 Å². The Hall–Kier alpha value is -3.13. The molecule has 0 unspecified atom stereocenters. The molecule has 0 saturated carbocycles. The number of aromatic carboxylic acids is 1. The van der Waals surface area contributed by atoms with E-state index in [2.05, 4.69) is 9.88 Å². The van der Waals surface area contributed by atoms with Gasteiger partial charge in [0, 0.05) is 65.1 Å². The van der Waals surface area contributed by atoms with Gasteiger partial charge in [-0.25, -0.2) is 4.79 Å². The zero-order valence-electron chi connectivity index (χ0n) is 29.3. The van der Waals surface area contributed by atoms with Crippen molar-refractivity contribution in [3.05, 3.63) is 29.6 Å². The number of esters is 3. The van der Waals surface area contributed by atoms with Gasteiger partial charge in [-0.05, 0) is 74.4 Å². The van der Waals surface area contributed by atoms with Crippen LogP contribution < -0.4 is 0 Å². The second kappa shape index (κ2) is 17.1. The highest BCUT2D eigenvalue weighted by atomic mass is 16.6. The van der Waals surface area contributed by atoms with Crippen LogP contribution in [0.4, 0.5) is 0 Å². The molecule has 2 heterocycles. The molecule has 1 saturated heterocycles. The predicted molar refractivity (Wildman–Crippen MR) is 173 cm³/mol. The minimum atomic E-state index is -1.04. The molecule has 0 aromatic carbocycles. The Morgan fingerprint density at radius 3 is 1.20 bits per heavy atom. The molecule has 0 bridgehead atoms. The summed E-state index contributed by atoms with van der Waals surface area (Å²) in [5.41, 5.74) is -1.05. The van der Waals surface area contributed by atoms with Crippen LogP contribution in [0.2, 0.25) is 0 Å². The number of hydrogen-bond donors (Lipinski definition) is 1. The third-order valence-corrected chi connectivity index (χ3v) is 6.71. The monoisotopic (exact) mass is 649 g/mol. The summed E-state index contributed by atoms with van der Waals surface area (Å²) in [6, 6.07) is 3.23. The molecule has 13 heteroatoms. The van der Waals surface area contributed by atoms with E-state index in [4.69, 9.17) is 14.2 Å². The van der Waals surface area contributed by atoms with E-state index in [0.717, 1.165) is 0 Å². The van der Waals surface area contributed by atoms with Gasteiger partial charge < -0.3 is 19.3 Å². The zero-order valence-corrected chi connectivity index (χ0v) is 29.3. The fourth-order valence-corrected chi connectivity index (χ4v) is 4.75. The lowest BCUT2D eigenvalue weighted by Gasteiger charge is -2.34. The van der Waals surface area contributed by atoms with Crippen LogP contribution in [0, 0.1) is 0 Å². The number of carbonyl (C=O) groups excluding carboxylic acids is 3. The molecule has 2 rings (SSSR count). The van der Waals surface area contributed by atoms with Gasteiger partial charge in [0.15, 0.2) is 0 Å². The molecule has 13 nitrogen and oxygen atoms in total. The van der Waals surface area contributed by atoms with E-state index in [1.165, 1.54) is 12.3 Å². The van der Waals surface area contributed by atoms with Gasteiger partial charge in [0.2, 0.25) is 0 Å². The summed E-state index contributed by atoms with van der Waals surface area (Å²) >= 11 is 0. The van der Waals surface area contributed by atoms with Crippen molar-refractivity contribution in [3.8, 4) is 0 Å². The molecule has 0 aliphatic carbocycles. The molecule has 1 aliphatic heterocycles. The number of carboxylic acid groups (broad SMARTS) is 1. The summed E-state index contributed by atoms with van der Waals surface area (Å²) in [5.74, 6) is -2.05. The van der Waals surface area contributed by atoms with Crippen molar-refractivity contribution < 1.29 is 38.5 Å². The average molecular weight is 650 g/mol. The van der Waals surface area contributed by atoms with Gasteiger partial charge in [0.1, 0.15) is 16.8 Å². The smallest absolute Gasteiger partial charge is 0.337 e. The first-order valence-corrected chi connectivity index (χ1v) is 15.9. The number of ether oxygens (including phenoxy) is 3. The topological polar surface area (TPSA) is 142 Å². The number of carbonyl (C=O) groups is 4. The predicted octanol–water partition coefficient (Wildman–Crippen LogP) is 2.53. The highest BCUT2D eigenvalue weighted by molar-refractivity contribution is 5.87. The van der Waals surface area contributed by atoms with Crippen LogP contribution in [0.1, 0.15) is 78.4 Å². The third kappa shape index (κ3) is 17.0. The fourth-order valence-electron chi connectivity index (χ4n) is 4.75. The number of rotatable bonds is 9. The normalized spacial score (nSPS) is 17.4. The number of carboxylic acids is 1. The minimum Gasteiger partial charge on any atom is -0.478 e. The molecular formula is C33H55N5O8. The first kappa shape index (κ1) is 39.1. The molecule has 1 fully saturated rings. The minimum absolute atomic E-state index is 0.0714. The molecule has 0 radical (unpaired) electrons. The maximum absolute atomic E-state index is 12.8. The molecule has 1 N–H and O–H groups in total. The molecule has 1 aromatic rings. The second-order valence-electron chi connectivity index (χ2n) is 14.7. The van der Waals surface area contributed by atoms with E-state index in [1.807, 2.05) is 77.0 Å². The largest absolute Gasteiger partial charge is 0.478 e. The molecule has 1 aliphatic rings. The van der Waals surface area contributed by atoms with Crippen molar-refractivity contribution >= 4 is 23.9 Å². The van der Waals surface area contributed by atoms with Crippen molar-refractivity contribution in [2.75, 3.05) is 72.0 Å². The summed E-state index contributed by atoms with van der Waals surface area (Å²) < 4.78 is 16.8. The first-order chi connectivity index (χ1) is 21.2.